The normalized spacial score (nSPS) is 13.1. The first kappa shape index (κ1) is 18.8. The Labute approximate surface area is 157 Å². The number of rotatable bonds is 3. The lowest BCUT2D eigenvalue weighted by Gasteiger charge is -2.20. The molecule has 1 aliphatic carbocycles. The van der Waals surface area contributed by atoms with Gasteiger partial charge in [0.1, 0.15) is 0 Å². The molecule has 0 radical (unpaired) electrons. The number of aryl methyl sites for hydroxylation is 1. The molecular weight excluding hydrogens is 346 g/mol. The zero-order valence-corrected chi connectivity index (χ0v) is 15.7. The number of hydrogen-bond donors (Lipinski definition) is 2. The number of aromatic nitrogens is 1. The van der Waals surface area contributed by atoms with E-state index in [0.717, 1.165) is 36.0 Å². The quantitative estimate of drug-likeness (QED) is 0.810. The van der Waals surface area contributed by atoms with E-state index in [9.17, 15) is 14.4 Å². The monoisotopic (exact) mass is 369 g/mol. The van der Waals surface area contributed by atoms with E-state index in [1.54, 1.807) is 20.8 Å². The number of hydrogen-bond acceptors (Lipinski definition) is 5. The lowest BCUT2D eigenvalue weighted by atomic mass is 10.0. The number of pyridine rings is 1. The van der Waals surface area contributed by atoms with Crippen LogP contribution < -0.4 is 10.6 Å². The van der Waals surface area contributed by atoms with Gasteiger partial charge < -0.3 is 10.1 Å². The molecule has 3 rings (SSSR count). The number of esters is 1. The molecule has 0 atom stereocenters. The zero-order valence-electron chi connectivity index (χ0n) is 15.7. The summed E-state index contributed by atoms with van der Waals surface area (Å²) in [5, 5.41) is 5.48. The van der Waals surface area contributed by atoms with Crippen molar-refractivity contribution >= 4 is 28.8 Å². The lowest BCUT2D eigenvalue weighted by Crippen LogP contribution is -2.49. The van der Waals surface area contributed by atoms with E-state index >= 15 is 0 Å². The molecule has 27 heavy (non-hydrogen) atoms. The number of nitrogens with zero attached hydrogens (tertiary/aromatic N) is 1. The fourth-order valence-corrected chi connectivity index (χ4v) is 3.18. The predicted molar refractivity (Wildman–Crippen MR) is 100 cm³/mol. The first-order chi connectivity index (χ1) is 12.7. The number of carbonyl (C=O) groups excluding carboxylic acids is 3. The highest BCUT2D eigenvalue weighted by atomic mass is 16.5. The number of ether oxygens (including phenoxy) is 1. The third-order valence-electron chi connectivity index (χ3n) is 4.20. The molecule has 1 aromatic carbocycles. The van der Waals surface area contributed by atoms with Crippen LogP contribution in [0.1, 0.15) is 48.8 Å². The summed E-state index contributed by atoms with van der Waals surface area (Å²) in [6.07, 6.45) is 2.53. The van der Waals surface area contributed by atoms with Gasteiger partial charge in [-0.3, -0.25) is 15.1 Å². The van der Waals surface area contributed by atoms with E-state index in [4.69, 9.17) is 4.74 Å². The fraction of sp³-hybridized carbons (Fsp3) is 0.400. The smallest absolute Gasteiger partial charge is 0.339 e. The van der Waals surface area contributed by atoms with E-state index in [1.165, 1.54) is 0 Å². The third-order valence-corrected chi connectivity index (χ3v) is 4.20. The molecule has 2 aromatic rings. The first-order valence-electron chi connectivity index (χ1n) is 8.94. The lowest BCUT2D eigenvalue weighted by molar-refractivity contribution is -0.123. The first-order valence-corrected chi connectivity index (χ1v) is 8.94. The SMILES string of the molecule is CC(C)(C)NC(=O)NC(=O)COC(=O)c1c2c(nc3ccccc13)CCC2. The average Bonchev–Trinajstić information content (AvgIpc) is 3.03. The second kappa shape index (κ2) is 7.34. The molecule has 0 bridgehead atoms. The minimum atomic E-state index is -0.680. The average molecular weight is 369 g/mol. The summed E-state index contributed by atoms with van der Waals surface area (Å²) in [5.74, 6) is -1.25. The summed E-state index contributed by atoms with van der Waals surface area (Å²) in [6, 6.07) is 6.76. The Balaban J connectivity index is 1.72. The molecule has 0 saturated heterocycles. The highest BCUT2D eigenvalue weighted by Crippen LogP contribution is 2.30. The molecule has 7 nitrogen and oxygen atoms in total. The summed E-state index contributed by atoms with van der Waals surface area (Å²) >= 11 is 0. The number of nitrogens with one attached hydrogen (secondary N) is 2. The van der Waals surface area contributed by atoms with Crippen molar-refractivity contribution in [1.82, 2.24) is 15.6 Å². The van der Waals surface area contributed by atoms with Gasteiger partial charge in [0.2, 0.25) is 0 Å². The van der Waals surface area contributed by atoms with Crippen LogP contribution in [0.25, 0.3) is 10.9 Å². The van der Waals surface area contributed by atoms with Gasteiger partial charge in [-0.25, -0.2) is 9.59 Å². The van der Waals surface area contributed by atoms with E-state index < -0.39 is 30.1 Å². The molecule has 0 fully saturated rings. The largest absolute Gasteiger partial charge is 0.452 e. The van der Waals surface area contributed by atoms with Crippen LogP contribution in [-0.4, -0.2) is 35.0 Å². The van der Waals surface area contributed by atoms with Crippen LogP contribution in [0.5, 0.6) is 0 Å². The van der Waals surface area contributed by atoms with Gasteiger partial charge >= 0.3 is 12.0 Å². The van der Waals surface area contributed by atoms with Gasteiger partial charge in [-0.15, -0.1) is 0 Å². The van der Waals surface area contributed by atoms with Crippen LogP contribution in [0.15, 0.2) is 24.3 Å². The van der Waals surface area contributed by atoms with Crippen molar-refractivity contribution in [3.63, 3.8) is 0 Å². The Hall–Kier alpha value is -2.96. The summed E-state index contributed by atoms with van der Waals surface area (Å²) in [6.45, 7) is 4.87. The van der Waals surface area contributed by atoms with Crippen LogP contribution >= 0.6 is 0 Å². The minimum Gasteiger partial charge on any atom is -0.452 e. The Morgan fingerprint density at radius 2 is 1.89 bits per heavy atom. The van der Waals surface area contributed by atoms with Crippen LogP contribution in [0.2, 0.25) is 0 Å². The van der Waals surface area contributed by atoms with Gasteiger partial charge in [0, 0.05) is 16.6 Å². The van der Waals surface area contributed by atoms with Crippen LogP contribution in [0, 0.1) is 0 Å². The van der Waals surface area contributed by atoms with E-state index in [0.29, 0.717) is 10.9 Å². The molecule has 0 spiro atoms. The molecular formula is C20H23N3O4. The minimum absolute atomic E-state index is 0.472. The topological polar surface area (TPSA) is 97.4 Å². The number of amides is 3. The second-order valence-electron chi connectivity index (χ2n) is 7.61. The fourth-order valence-electron chi connectivity index (χ4n) is 3.18. The standard InChI is InChI=1S/C20H23N3O4/c1-20(2,3)23-19(26)22-16(24)11-27-18(25)17-12-7-4-5-9-14(12)21-15-10-6-8-13(15)17/h4-5,7,9H,6,8,10-11H2,1-3H3,(H2,22,23,24,26). The maximum absolute atomic E-state index is 12.7. The maximum atomic E-state index is 12.7. The highest BCUT2D eigenvalue weighted by Gasteiger charge is 2.25. The Morgan fingerprint density at radius 3 is 2.63 bits per heavy atom. The van der Waals surface area contributed by atoms with Gasteiger partial charge in [0.15, 0.2) is 6.61 Å². The number of para-hydroxylation sites is 1. The van der Waals surface area contributed by atoms with Gasteiger partial charge in [-0.2, -0.15) is 0 Å². The Bertz CT molecular complexity index is 915. The van der Waals surface area contributed by atoms with E-state index in [2.05, 4.69) is 15.6 Å². The number of imide groups is 1. The van der Waals surface area contributed by atoms with Gasteiger partial charge in [-0.05, 0) is 51.7 Å². The summed E-state index contributed by atoms with van der Waals surface area (Å²) in [7, 11) is 0. The molecule has 1 aliphatic rings. The van der Waals surface area contributed by atoms with E-state index in [-0.39, 0.29) is 0 Å². The van der Waals surface area contributed by atoms with Crippen molar-refractivity contribution in [3.8, 4) is 0 Å². The number of carbonyl (C=O) groups is 3. The number of urea groups is 1. The molecule has 142 valence electrons. The third kappa shape index (κ3) is 4.42. The molecule has 3 amide bonds. The summed E-state index contributed by atoms with van der Waals surface area (Å²) < 4.78 is 5.20. The molecule has 1 aromatic heterocycles. The predicted octanol–water partition coefficient (Wildman–Crippen LogP) is 2.50. The van der Waals surface area contributed by atoms with Crippen LogP contribution in [0.3, 0.4) is 0 Å². The van der Waals surface area contributed by atoms with Crippen LogP contribution in [-0.2, 0) is 22.4 Å². The molecule has 7 heteroatoms. The Kier molecular flexibility index (Phi) is 5.12. The second-order valence-corrected chi connectivity index (χ2v) is 7.61. The molecule has 1 heterocycles. The maximum Gasteiger partial charge on any atom is 0.339 e. The van der Waals surface area contributed by atoms with Crippen molar-refractivity contribution in [2.45, 2.75) is 45.6 Å². The zero-order chi connectivity index (χ0) is 19.6. The van der Waals surface area contributed by atoms with Gasteiger partial charge in [0.25, 0.3) is 5.91 Å². The van der Waals surface area contributed by atoms with Crippen molar-refractivity contribution in [1.29, 1.82) is 0 Å². The highest BCUT2D eigenvalue weighted by molar-refractivity contribution is 6.06. The number of benzene rings is 1. The van der Waals surface area contributed by atoms with Crippen LogP contribution in [0.4, 0.5) is 4.79 Å². The van der Waals surface area contributed by atoms with Gasteiger partial charge in [-0.1, -0.05) is 18.2 Å². The van der Waals surface area contributed by atoms with Crippen molar-refractivity contribution in [3.05, 3.63) is 41.1 Å². The molecule has 0 saturated carbocycles. The van der Waals surface area contributed by atoms with Crippen molar-refractivity contribution in [2.75, 3.05) is 6.61 Å². The summed E-state index contributed by atoms with van der Waals surface area (Å²) in [4.78, 5) is 41.0. The molecule has 0 unspecified atom stereocenters. The Morgan fingerprint density at radius 1 is 1.15 bits per heavy atom. The molecule has 0 aliphatic heterocycles. The van der Waals surface area contributed by atoms with Gasteiger partial charge in [0.05, 0.1) is 11.1 Å². The van der Waals surface area contributed by atoms with Crippen molar-refractivity contribution in [2.24, 2.45) is 0 Å². The summed E-state index contributed by atoms with van der Waals surface area (Å²) in [5.41, 5.74) is 2.54. The number of fused-ring (bicyclic) bond motifs is 2. The van der Waals surface area contributed by atoms with E-state index in [1.807, 2.05) is 24.3 Å². The molecule has 2 N–H and O–H groups in total. The van der Waals surface area contributed by atoms with Crippen molar-refractivity contribution < 1.29 is 19.1 Å².